The minimum atomic E-state index is -2.87. The van der Waals surface area contributed by atoms with E-state index in [0.717, 1.165) is 4.90 Å². The first-order chi connectivity index (χ1) is 7.44. The number of hydrogen-bond acceptors (Lipinski definition) is 3. The molecule has 1 unspecified atom stereocenters. The number of esters is 1. The molecule has 0 aromatic carbocycles. The molecule has 6 heteroatoms. The van der Waals surface area contributed by atoms with Crippen LogP contribution in [0.25, 0.3) is 0 Å². The van der Waals surface area contributed by atoms with Crippen LogP contribution >= 0.6 is 0 Å². The third-order valence-corrected chi connectivity index (χ3v) is 3.08. The van der Waals surface area contributed by atoms with Crippen LogP contribution in [0.2, 0.25) is 0 Å². The first kappa shape index (κ1) is 11.3. The van der Waals surface area contributed by atoms with Gasteiger partial charge in [-0.15, -0.1) is 0 Å². The van der Waals surface area contributed by atoms with Gasteiger partial charge in [-0.1, -0.05) is 0 Å². The highest BCUT2D eigenvalue weighted by Gasteiger charge is 2.56. The van der Waals surface area contributed by atoms with E-state index in [1.54, 1.807) is 6.92 Å². The van der Waals surface area contributed by atoms with Crippen LogP contribution in [-0.2, 0) is 14.3 Å². The zero-order valence-corrected chi connectivity index (χ0v) is 8.91. The Bertz CT molecular complexity index is 332. The van der Waals surface area contributed by atoms with E-state index in [2.05, 4.69) is 0 Å². The van der Waals surface area contributed by atoms with Gasteiger partial charge in [-0.2, -0.15) is 0 Å². The first-order valence-corrected chi connectivity index (χ1v) is 5.28. The number of amides is 1. The molecule has 2 heterocycles. The SMILES string of the molecule is CCOC(=O)[C@@H]1CC(=O)N2CC(F)(F)CC12. The molecule has 4 nitrogen and oxygen atoms in total. The monoisotopic (exact) mass is 233 g/mol. The summed E-state index contributed by atoms with van der Waals surface area (Å²) >= 11 is 0. The Morgan fingerprint density at radius 2 is 2.31 bits per heavy atom. The molecule has 90 valence electrons. The Morgan fingerprint density at radius 1 is 1.62 bits per heavy atom. The van der Waals surface area contributed by atoms with Gasteiger partial charge in [0.25, 0.3) is 5.92 Å². The molecular weight excluding hydrogens is 220 g/mol. The largest absolute Gasteiger partial charge is 0.466 e. The summed E-state index contributed by atoms with van der Waals surface area (Å²) in [5.41, 5.74) is 0. The fraction of sp³-hybridized carbons (Fsp3) is 0.800. The summed E-state index contributed by atoms with van der Waals surface area (Å²) in [6, 6.07) is -0.679. The molecule has 2 saturated heterocycles. The fourth-order valence-corrected chi connectivity index (χ4v) is 2.41. The van der Waals surface area contributed by atoms with Gasteiger partial charge in [-0.3, -0.25) is 9.59 Å². The lowest BCUT2D eigenvalue weighted by Crippen LogP contribution is -2.32. The molecule has 2 aliphatic rings. The van der Waals surface area contributed by atoms with Crippen LogP contribution < -0.4 is 0 Å². The third kappa shape index (κ3) is 1.76. The molecule has 0 spiro atoms. The second kappa shape index (κ2) is 3.68. The molecule has 0 N–H and O–H groups in total. The Kier molecular flexibility index (Phi) is 2.59. The van der Waals surface area contributed by atoms with E-state index in [1.165, 1.54) is 0 Å². The van der Waals surface area contributed by atoms with E-state index < -0.39 is 36.8 Å². The topological polar surface area (TPSA) is 46.6 Å². The summed E-state index contributed by atoms with van der Waals surface area (Å²) < 4.78 is 31.0. The van der Waals surface area contributed by atoms with Gasteiger partial charge in [-0.25, -0.2) is 8.78 Å². The lowest BCUT2D eigenvalue weighted by molar-refractivity contribution is -0.149. The second-order valence-corrected chi connectivity index (χ2v) is 4.21. The Hall–Kier alpha value is -1.20. The van der Waals surface area contributed by atoms with Crippen molar-refractivity contribution in [2.24, 2.45) is 5.92 Å². The predicted molar refractivity (Wildman–Crippen MR) is 49.8 cm³/mol. The van der Waals surface area contributed by atoms with Crippen molar-refractivity contribution in [2.45, 2.75) is 31.7 Å². The number of nitrogens with zero attached hydrogens (tertiary/aromatic N) is 1. The van der Waals surface area contributed by atoms with Gasteiger partial charge in [0.1, 0.15) is 0 Å². The number of halogens is 2. The molecule has 16 heavy (non-hydrogen) atoms. The highest BCUT2D eigenvalue weighted by Crippen LogP contribution is 2.41. The zero-order valence-electron chi connectivity index (χ0n) is 8.91. The number of fused-ring (bicyclic) bond motifs is 1. The Morgan fingerprint density at radius 3 is 2.94 bits per heavy atom. The van der Waals surface area contributed by atoms with E-state index in [-0.39, 0.29) is 18.9 Å². The number of alkyl halides is 2. The normalized spacial score (nSPS) is 31.7. The number of carbonyl (C=O) groups is 2. The van der Waals surface area contributed by atoms with Crippen molar-refractivity contribution >= 4 is 11.9 Å². The van der Waals surface area contributed by atoms with Crippen LogP contribution in [0.1, 0.15) is 19.8 Å². The summed E-state index contributed by atoms with van der Waals surface area (Å²) in [6.45, 7) is 1.29. The van der Waals surface area contributed by atoms with Gasteiger partial charge >= 0.3 is 5.97 Å². The standard InChI is InChI=1S/C10H13F2NO3/c1-2-16-9(15)6-3-8(14)13-5-10(11,12)4-7(6)13/h6-7H,2-5H2,1H3/t6-,7?/m1/s1. The maximum absolute atomic E-state index is 13.1. The van der Waals surface area contributed by atoms with Crippen molar-refractivity contribution in [3.8, 4) is 0 Å². The number of ether oxygens (including phenoxy) is 1. The summed E-state index contributed by atoms with van der Waals surface area (Å²) in [4.78, 5) is 24.1. The summed E-state index contributed by atoms with van der Waals surface area (Å²) in [7, 11) is 0. The predicted octanol–water partition coefficient (Wildman–Crippen LogP) is 0.806. The van der Waals surface area contributed by atoms with Crippen LogP contribution in [0, 0.1) is 5.92 Å². The number of rotatable bonds is 2. The van der Waals surface area contributed by atoms with Gasteiger partial charge in [0.2, 0.25) is 5.91 Å². The van der Waals surface area contributed by atoms with Crippen LogP contribution in [0.5, 0.6) is 0 Å². The zero-order chi connectivity index (χ0) is 11.9. The second-order valence-electron chi connectivity index (χ2n) is 4.21. The summed E-state index contributed by atoms with van der Waals surface area (Å²) in [6.07, 6.45) is -0.429. The minimum absolute atomic E-state index is 0.000417. The van der Waals surface area contributed by atoms with Crippen LogP contribution in [-0.4, -0.2) is 41.9 Å². The van der Waals surface area contributed by atoms with Crippen LogP contribution in [0.3, 0.4) is 0 Å². The van der Waals surface area contributed by atoms with Crippen molar-refractivity contribution in [3.63, 3.8) is 0 Å². The maximum atomic E-state index is 13.1. The van der Waals surface area contributed by atoms with Crippen LogP contribution in [0.15, 0.2) is 0 Å². The molecule has 2 rings (SSSR count). The van der Waals surface area contributed by atoms with Crippen molar-refractivity contribution in [3.05, 3.63) is 0 Å². The molecule has 0 bridgehead atoms. The van der Waals surface area contributed by atoms with Crippen LogP contribution in [0.4, 0.5) is 8.78 Å². The van der Waals surface area contributed by atoms with E-state index in [1.807, 2.05) is 0 Å². The molecule has 2 aliphatic heterocycles. The molecular formula is C10H13F2NO3. The first-order valence-electron chi connectivity index (χ1n) is 5.28. The molecule has 0 aromatic heterocycles. The number of carbonyl (C=O) groups excluding carboxylic acids is 2. The highest BCUT2D eigenvalue weighted by molar-refractivity contribution is 5.88. The van der Waals surface area contributed by atoms with Crippen molar-refractivity contribution in [1.82, 2.24) is 4.90 Å². The van der Waals surface area contributed by atoms with Crippen molar-refractivity contribution in [2.75, 3.05) is 13.2 Å². The van der Waals surface area contributed by atoms with Gasteiger partial charge in [0, 0.05) is 12.8 Å². The Labute approximate surface area is 91.5 Å². The maximum Gasteiger partial charge on any atom is 0.311 e. The van der Waals surface area contributed by atoms with Gasteiger partial charge in [0.05, 0.1) is 25.1 Å². The highest BCUT2D eigenvalue weighted by atomic mass is 19.3. The van der Waals surface area contributed by atoms with Crippen molar-refractivity contribution < 1.29 is 23.1 Å². The summed E-state index contributed by atoms with van der Waals surface area (Å²) in [5, 5.41) is 0. The van der Waals surface area contributed by atoms with Gasteiger partial charge < -0.3 is 9.64 Å². The van der Waals surface area contributed by atoms with Gasteiger partial charge in [-0.05, 0) is 6.92 Å². The molecule has 0 radical (unpaired) electrons. The Balaban J connectivity index is 2.13. The third-order valence-electron chi connectivity index (χ3n) is 3.08. The minimum Gasteiger partial charge on any atom is -0.466 e. The summed E-state index contributed by atoms with van der Waals surface area (Å²) in [5.74, 6) is -4.51. The fourth-order valence-electron chi connectivity index (χ4n) is 2.41. The molecule has 0 aromatic rings. The van der Waals surface area contributed by atoms with E-state index in [0.29, 0.717) is 0 Å². The smallest absolute Gasteiger partial charge is 0.311 e. The van der Waals surface area contributed by atoms with Gasteiger partial charge in [0.15, 0.2) is 0 Å². The quantitative estimate of drug-likeness (QED) is 0.663. The van der Waals surface area contributed by atoms with Crippen molar-refractivity contribution in [1.29, 1.82) is 0 Å². The lowest BCUT2D eigenvalue weighted by Gasteiger charge is -2.17. The molecule has 2 fully saturated rings. The lowest BCUT2D eigenvalue weighted by atomic mass is 9.97. The molecule has 0 aliphatic carbocycles. The average Bonchev–Trinajstić information content (AvgIpc) is 2.62. The average molecular weight is 233 g/mol. The van der Waals surface area contributed by atoms with E-state index in [4.69, 9.17) is 4.74 Å². The molecule has 0 saturated carbocycles. The van der Waals surface area contributed by atoms with E-state index in [9.17, 15) is 18.4 Å². The molecule has 1 amide bonds. The number of hydrogen-bond donors (Lipinski definition) is 0. The van der Waals surface area contributed by atoms with E-state index >= 15 is 0 Å². The molecule has 2 atom stereocenters.